The molecule has 9 aromatic carbocycles. The quantitative estimate of drug-likeness (QED) is 0.0341. The smallest absolute Gasteiger partial charge is 0.338 e. The first-order valence-electron chi connectivity index (χ1n) is 28.1. The number of phenols is 21. The van der Waals surface area contributed by atoms with Crippen LogP contribution in [-0.2, 0) is 20.6 Å². The number of benzene rings is 9. The average Bonchev–Trinajstić information content (AvgIpc) is 0.713. The number of carbonyl (C=O) groups is 3. The molecule has 0 fully saturated rings. The first-order valence-corrected chi connectivity index (χ1v) is 28.1. The molecule has 3 aliphatic heterocycles. The molecular weight excluding hydrogens is 1270 g/mol. The third-order valence-electron chi connectivity index (χ3n) is 16.4. The fraction of sp³-hybridized carbons (Fsp3) is 0.136. The molecule has 30 nitrogen and oxygen atoms in total. The van der Waals surface area contributed by atoms with E-state index < -0.39 is 255 Å². The summed E-state index contributed by atoms with van der Waals surface area (Å²) in [5.74, 6) is -30.3. The monoisotopic (exact) mass is 1320 g/mol. The first-order chi connectivity index (χ1) is 45.5. The molecule has 0 saturated heterocycles. The topological polar surface area (TPSA) is 531 Å². The van der Waals surface area contributed by atoms with Crippen molar-refractivity contribution in [2.45, 2.75) is 54.9 Å². The molecule has 0 aliphatic carbocycles. The van der Waals surface area contributed by atoms with Crippen molar-refractivity contribution in [2.24, 2.45) is 0 Å². The van der Waals surface area contributed by atoms with E-state index in [-0.39, 0.29) is 16.7 Å². The van der Waals surface area contributed by atoms with Crippen LogP contribution < -0.4 is 14.2 Å². The second-order valence-electron chi connectivity index (χ2n) is 22.4. The van der Waals surface area contributed by atoms with Crippen molar-refractivity contribution in [1.29, 1.82) is 0 Å². The predicted octanol–water partition coefficient (Wildman–Crippen LogP) is 7.39. The molecule has 0 unspecified atom stereocenters. The van der Waals surface area contributed by atoms with Crippen LogP contribution in [0, 0.1) is 0 Å². The molecule has 0 bridgehead atoms. The van der Waals surface area contributed by atoms with Gasteiger partial charge in [0.25, 0.3) is 0 Å². The van der Waals surface area contributed by atoms with Crippen LogP contribution in [0.1, 0.15) is 106 Å². The second-order valence-corrected chi connectivity index (χ2v) is 22.4. The lowest BCUT2D eigenvalue weighted by atomic mass is 9.73. The minimum atomic E-state index is -2.27. The molecule has 0 amide bonds. The highest BCUT2D eigenvalue weighted by molar-refractivity contribution is 5.93. The Kier molecular flexibility index (Phi) is 15.3. The van der Waals surface area contributed by atoms with E-state index in [1.807, 2.05) is 0 Å². The Bertz CT molecular complexity index is 4680. The number of fused-ring (bicyclic) bond motifs is 3. The molecule has 0 spiro atoms. The van der Waals surface area contributed by atoms with E-state index in [0.29, 0.717) is 30.3 Å². The summed E-state index contributed by atoms with van der Waals surface area (Å²) in [5, 5.41) is 232. The Hall–Kier alpha value is -13.4. The van der Waals surface area contributed by atoms with Gasteiger partial charge in [0, 0.05) is 75.2 Å². The normalized spacial score (nSPS) is 19.2. The van der Waals surface area contributed by atoms with Crippen molar-refractivity contribution < 1.29 is 150 Å². The van der Waals surface area contributed by atoms with Crippen molar-refractivity contribution in [3.05, 3.63) is 176 Å². The largest absolute Gasteiger partial charge is 0.508 e. The summed E-state index contributed by atoms with van der Waals surface area (Å²) in [5.41, 5.74) is -5.83. The van der Waals surface area contributed by atoms with E-state index in [9.17, 15) is 122 Å². The van der Waals surface area contributed by atoms with Crippen molar-refractivity contribution in [3.63, 3.8) is 0 Å². The molecule has 9 aromatic rings. The molecule has 21 N–H and O–H groups in total. The van der Waals surface area contributed by atoms with Gasteiger partial charge in [-0.05, 0) is 72.8 Å². The summed E-state index contributed by atoms with van der Waals surface area (Å²) >= 11 is 0. The van der Waals surface area contributed by atoms with Gasteiger partial charge in [-0.25, -0.2) is 14.4 Å². The van der Waals surface area contributed by atoms with Gasteiger partial charge in [0.2, 0.25) is 0 Å². The Labute approximate surface area is 535 Å². The van der Waals surface area contributed by atoms with E-state index in [1.54, 1.807) is 0 Å². The van der Waals surface area contributed by atoms with Gasteiger partial charge < -0.3 is 136 Å². The minimum absolute atomic E-state index is 0.160. The molecule has 0 radical (unpaired) electrons. The zero-order valence-electron chi connectivity index (χ0n) is 48.4. The zero-order valence-corrected chi connectivity index (χ0v) is 48.4. The summed E-state index contributed by atoms with van der Waals surface area (Å²) < 4.78 is 37.9. The molecule has 3 heterocycles. The Morgan fingerprint density at radius 2 is 0.688 bits per heavy atom. The Morgan fingerprint density at radius 1 is 0.312 bits per heavy atom. The zero-order chi connectivity index (χ0) is 68.9. The second kappa shape index (κ2) is 23.4. The predicted molar refractivity (Wildman–Crippen MR) is 318 cm³/mol. The van der Waals surface area contributed by atoms with Crippen molar-refractivity contribution in [3.8, 4) is 138 Å². The number of phenolic OH excluding ortho intramolecular Hbond substituents is 21. The van der Waals surface area contributed by atoms with Crippen LogP contribution in [0.3, 0.4) is 0 Å². The van der Waals surface area contributed by atoms with E-state index >= 15 is 0 Å². The van der Waals surface area contributed by atoms with E-state index in [0.717, 1.165) is 78.9 Å². The molecule has 8 atom stereocenters. The number of carbonyl (C=O) groups excluding carboxylic acids is 3. The highest BCUT2D eigenvalue weighted by atomic mass is 16.6. The van der Waals surface area contributed by atoms with E-state index in [4.69, 9.17) is 28.4 Å². The van der Waals surface area contributed by atoms with Crippen LogP contribution in [0.5, 0.6) is 138 Å². The van der Waals surface area contributed by atoms with Crippen molar-refractivity contribution in [2.75, 3.05) is 0 Å². The third-order valence-corrected chi connectivity index (χ3v) is 16.4. The van der Waals surface area contributed by atoms with Gasteiger partial charge in [-0.1, -0.05) is 18.2 Å². The Balaban J connectivity index is 1.15. The number of ether oxygens (including phenoxy) is 6. The minimum Gasteiger partial charge on any atom is -0.508 e. The van der Waals surface area contributed by atoms with Crippen molar-refractivity contribution in [1.82, 2.24) is 0 Å². The van der Waals surface area contributed by atoms with E-state index in [1.165, 1.54) is 6.07 Å². The molecule has 494 valence electrons. The van der Waals surface area contributed by atoms with Gasteiger partial charge in [0.05, 0.1) is 28.5 Å². The molecule has 0 aromatic heterocycles. The van der Waals surface area contributed by atoms with Crippen LogP contribution in [0.2, 0.25) is 0 Å². The summed E-state index contributed by atoms with van der Waals surface area (Å²) in [7, 11) is 0. The maximum Gasteiger partial charge on any atom is 0.338 e. The molecule has 3 aliphatic rings. The fourth-order valence-corrected chi connectivity index (χ4v) is 12.0. The highest BCUT2D eigenvalue weighted by Gasteiger charge is 2.53. The van der Waals surface area contributed by atoms with Gasteiger partial charge in [0.15, 0.2) is 117 Å². The van der Waals surface area contributed by atoms with E-state index in [2.05, 4.69) is 0 Å². The van der Waals surface area contributed by atoms with Crippen LogP contribution in [0.25, 0.3) is 0 Å². The maximum absolute atomic E-state index is 14.9. The van der Waals surface area contributed by atoms with Crippen LogP contribution >= 0.6 is 0 Å². The lowest BCUT2D eigenvalue weighted by Gasteiger charge is -2.43. The Morgan fingerprint density at radius 3 is 1.11 bits per heavy atom. The first kappa shape index (κ1) is 62.8. The lowest BCUT2D eigenvalue weighted by molar-refractivity contribution is -0.0310. The number of hydrogen-bond donors (Lipinski definition) is 21. The fourth-order valence-electron chi connectivity index (χ4n) is 12.0. The number of aromatic hydroxyl groups is 21. The van der Waals surface area contributed by atoms with Crippen LogP contribution in [0.15, 0.2) is 115 Å². The van der Waals surface area contributed by atoms with Gasteiger partial charge in [-0.15, -0.1) is 0 Å². The van der Waals surface area contributed by atoms with Gasteiger partial charge in [-0.3, -0.25) is 0 Å². The van der Waals surface area contributed by atoms with Crippen LogP contribution in [0.4, 0.5) is 0 Å². The maximum atomic E-state index is 14.9. The molecule has 30 heteroatoms. The molecule has 96 heavy (non-hydrogen) atoms. The summed E-state index contributed by atoms with van der Waals surface area (Å²) in [6, 6.07) is 16.4. The molecule has 12 rings (SSSR count). The summed E-state index contributed by atoms with van der Waals surface area (Å²) in [4.78, 5) is 43.6. The summed E-state index contributed by atoms with van der Waals surface area (Å²) in [6.07, 6.45) is -12.5. The molecular formula is C66H50O30. The van der Waals surface area contributed by atoms with Gasteiger partial charge in [-0.2, -0.15) is 0 Å². The van der Waals surface area contributed by atoms with Gasteiger partial charge in [0.1, 0.15) is 57.8 Å². The molecule has 0 saturated carbocycles. The van der Waals surface area contributed by atoms with Gasteiger partial charge >= 0.3 is 17.9 Å². The number of hydrogen-bond acceptors (Lipinski definition) is 30. The highest BCUT2D eigenvalue weighted by Crippen LogP contribution is 2.63. The third kappa shape index (κ3) is 10.8. The standard InChI is InChI=1S/C66H50O30/c67-27-16-36(75)48-45(17-27)91-59(22-2-5-30(69)34(73)8-22)62(95-65(89)25-12-41(80)55(85)42(81)13-25)52(48)49-38(77)20-46-51(57(49)87)53(63(60(92-46)23-3-6-31(70)35(74)9-23)96-66(90)26-14-43(82)56(86)44(83)15-26)50-37(76)19-32(71)28-18-47(93-64(88)24-10-39(78)54(84)40(79)11-24)58(94-61(28)50)21-1-4-29(68)33(72)7-21/h1-17,19-20,47,52-53,58-60,62-63,67-87H,18H2/t47-,52-,53+,58-,59-,60-,62-,63-/m1/s1. The summed E-state index contributed by atoms with van der Waals surface area (Å²) in [6.45, 7) is 0. The van der Waals surface area contributed by atoms with Crippen molar-refractivity contribution >= 4 is 17.9 Å². The lowest BCUT2D eigenvalue weighted by Crippen LogP contribution is -2.41. The average molecular weight is 1320 g/mol. The van der Waals surface area contributed by atoms with Crippen LogP contribution in [-0.4, -0.2) is 143 Å². The number of rotatable bonds is 11. The SMILES string of the molecule is O=C(O[C@@H]1[C@@H](c2c(O)cc3c(c2O)[C@H](c2c(O)cc(O)c4c2O[C@H](c2ccc(O)c(O)c2)[C@H](OC(=O)c2cc(O)c(O)c(O)c2)C4)[C@@H](OC(=O)c2cc(O)c(O)c(O)c2)[C@@H](c2ccc(O)c(O)c2)O3)c2c(O)cc(O)cc2O[C@@H]1c1ccc(O)c(O)c1)c1cc(O)c(O)c(O)c1. The number of esters is 3.